The van der Waals surface area contributed by atoms with Crippen LogP contribution in [0.15, 0.2) is 18.2 Å². The zero-order valence-electron chi connectivity index (χ0n) is 10.4. The molecule has 0 aliphatic heterocycles. The lowest BCUT2D eigenvalue weighted by molar-refractivity contribution is -0.384. The molecule has 1 atom stereocenters. The van der Waals surface area contributed by atoms with Crippen LogP contribution in [0.3, 0.4) is 0 Å². The Labute approximate surface area is 114 Å². The van der Waals surface area contributed by atoms with Gasteiger partial charge in [0, 0.05) is 43.2 Å². The van der Waals surface area contributed by atoms with Gasteiger partial charge >= 0.3 is 0 Å². The number of alkyl halides is 1. The highest BCUT2D eigenvalue weighted by atomic mass is 79.9. The van der Waals surface area contributed by atoms with Crippen molar-refractivity contribution in [3.8, 4) is 5.75 Å². The molecule has 0 aliphatic carbocycles. The van der Waals surface area contributed by atoms with Crippen LogP contribution in [0, 0.1) is 10.1 Å². The van der Waals surface area contributed by atoms with Crippen LogP contribution >= 0.6 is 15.9 Å². The average molecular weight is 318 g/mol. The van der Waals surface area contributed by atoms with Crippen LogP contribution in [-0.2, 0) is 10.1 Å². The zero-order chi connectivity index (χ0) is 13.5. The van der Waals surface area contributed by atoms with Crippen LogP contribution in [0.25, 0.3) is 0 Å². The lowest BCUT2D eigenvalue weighted by Gasteiger charge is -2.16. The number of benzene rings is 1. The molecular formula is C12H16BrNO4. The highest BCUT2D eigenvalue weighted by Gasteiger charge is 2.13. The van der Waals surface area contributed by atoms with E-state index in [0.717, 1.165) is 12.0 Å². The molecule has 1 aromatic rings. The summed E-state index contributed by atoms with van der Waals surface area (Å²) in [5.41, 5.74) is 0.842. The smallest absolute Gasteiger partial charge is 0.270 e. The number of non-ortho nitro benzene ring substituents is 1. The van der Waals surface area contributed by atoms with Gasteiger partial charge in [-0.1, -0.05) is 15.9 Å². The molecule has 5 nitrogen and oxygen atoms in total. The Kier molecular flexibility index (Phi) is 6.07. The van der Waals surface area contributed by atoms with Crippen molar-refractivity contribution in [2.75, 3.05) is 13.7 Å². The molecule has 0 aromatic heterocycles. The summed E-state index contributed by atoms with van der Waals surface area (Å²) < 4.78 is 10.7. The van der Waals surface area contributed by atoms with E-state index < -0.39 is 4.92 Å². The minimum absolute atomic E-state index is 0.00389. The van der Waals surface area contributed by atoms with Gasteiger partial charge in [-0.3, -0.25) is 10.1 Å². The Hall–Kier alpha value is -1.14. The molecule has 0 saturated heterocycles. The molecule has 0 N–H and O–H groups in total. The van der Waals surface area contributed by atoms with E-state index in [-0.39, 0.29) is 11.8 Å². The summed E-state index contributed by atoms with van der Waals surface area (Å²) in [6.45, 7) is 2.57. The van der Waals surface area contributed by atoms with Crippen molar-refractivity contribution in [3.05, 3.63) is 33.9 Å². The molecule has 0 amide bonds. The number of hydrogen-bond acceptors (Lipinski definition) is 4. The molecule has 18 heavy (non-hydrogen) atoms. The summed E-state index contributed by atoms with van der Waals surface area (Å²) in [4.78, 5) is 10.3. The second kappa shape index (κ2) is 7.33. The van der Waals surface area contributed by atoms with Gasteiger partial charge in [0.05, 0.1) is 11.0 Å². The second-order valence-electron chi connectivity index (χ2n) is 3.89. The summed E-state index contributed by atoms with van der Waals surface area (Å²) >= 11 is 3.31. The molecule has 1 rings (SSSR count). The number of nitrogens with zero attached hydrogens (tertiary/aromatic N) is 1. The van der Waals surface area contributed by atoms with E-state index in [4.69, 9.17) is 9.47 Å². The topological polar surface area (TPSA) is 61.6 Å². The standard InChI is InChI=1S/C12H16BrNO4/c1-9(5-6-17-2)18-12-4-3-11(14(15)16)7-10(12)8-13/h3-4,7,9H,5-6,8H2,1-2H3. The van der Waals surface area contributed by atoms with Crippen molar-refractivity contribution >= 4 is 21.6 Å². The molecule has 0 heterocycles. The largest absolute Gasteiger partial charge is 0.490 e. The van der Waals surface area contributed by atoms with Gasteiger partial charge in [-0.25, -0.2) is 0 Å². The Bertz CT molecular complexity index is 411. The van der Waals surface area contributed by atoms with Crippen LogP contribution in [0.2, 0.25) is 0 Å². The maximum atomic E-state index is 10.7. The number of rotatable bonds is 7. The van der Waals surface area contributed by atoms with Crippen molar-refractivity contribution < 1.29 is 14.4 Å². The van der Waals surface area contributed by atoms with Gasteiger partial charge < -0.3 is 9.47 Å². The highest BCUT2D eigenvalue weighted by Crippen LogP contribution is 2.27. The third-order valence-corrected chi connectivity index (χ3v) is 3.06. The van der Waals surface area contributed by atoms with Crippen LogP contribution in [0.1, 0.15) is 18.9 Å². The van der Waals surface area contributed by atoms with E-state index in [0.29, 0.717) is 17.7 Å². The quantitative estimate of drug-likeness (QED) is 0.440. The Morgan fingerprint density at radius 1 is 1.50 bits per heavy atom. The number of nitro groups is 1. The summed E-state index contributed by atoms with van der Waals surface area (Å²) in [6.07, 6.45) is 0.777. The molecular weight excluding hydrogens is 302 g/mol. The third-order valence-electron chi connectivity index (χ3n) is 2.46. The Balaban J connectivity index is 2.79. The molecule has 0 fully saturated rings. The van der Waals surface area contributed by atoms with Crippen molar-refractivity contribution in [2.45, 2.75) is 24.8 Å². The normalized spacial score (nSPS) is 12.2. The molecule has 0 aliphatic rings. The van der Waals surface area contributed by atoms with Gasteiger partial charge in [-0.15, -0.1) is 0 Å². The van der Waals surface area contributed by atoms with E-state index in [1.54, 1.807) is 13.2 Å². The first-order chi connectivity index (χ1) is 8.58. The number of hydrogen-bond donors (Lipinski definition) is 0. The molecule has 0 saturated carbocycles. The maximum Gasteiger partial charge on any atom is 0.270 e. The van der Waals surface area contributed by atoms with Crippen molar-refractivity contribution in [2.24, 2.45) is 0 Å². The fraction of sp³-hybridized carbons (Fsp3) is 0.500. The zero-order valence-corrected chi connectivity index (χ0v) is 12.0. The summed E-state index contributed by atoms with van der Waals surface area (Å²) in [5, 5.41) is 11.2. The Morgan fingerprint density at radius 2 is 2.22 bits per heavy atom. The third kappa shape index (κ3) is 4.27. The van der Waals surface area contributed by atoms with Gasteiger partial charge in [-0.05, 0) is 13.0 Å². The van der Waals surface area contributed by atoms with Crippen molar-refractivity contribution in [1.82, 2.24) is 0 Å². The summed E-state index contributed by atoms with van der Waals surface area (Å²) in [6, 6.07) is 4.61. The maximum absolute atomic E-state index is 10.7. The highest BCUT2D eigenvalue weighted by molar-refractivity contribution is 9.08. The fourth-order valence-corrected chi connectivity index (χ4v) is 1.90. The van der Waals surface area contributed by atoms with Gasteiger partial charge in [-0.2, -0.15) is 0 Å². The predicted octanol–water partition coefficient (Wildman–Crippen LogP) is 3.29. The minimum Gasteiger partial charge on any atom is -0.490 e. The fourth-order valence-electron chi connectivity index (χ4n) is 1.46. The number of nitro benzene ring substituents is 1. The molecule has 6 heteroatoms. The first-order valence-corrected chi connectivity index (χ1v) is 6.69. The van der Waals surface area contributed by atoms with Crippen molar-refractivity contribution in [3.63, 3.8) is 0 Å². The lowest BCUT2D eigenvalue weighted by Crippen LogP contribution is -2.15. The van der Waals surface area contributed by atoms with Crippen LogP contribution in [0.5, 0.6) is 5.75 Å². The molecule has 0 spiro atoms. The van der Waals surface area contributed by atoms with E-state index in [2.05, 4.69) is 15.9 Å². The number of ether oxygens (including phenoxy) is 2. The van der Waals surface area contributed by atoms with Gasteiger partial charge in [0.15, 0.2) is 0 Å². The molecule has 1 aromatic carbocycles. The molecule has 0 bridgehead atoms. The Morgan fingerprint density at radius 3 is 2.78 bits per heavy atom. The second-order valence-corrected chi connectivity index (χ2v) is 4.45. The monoisotopic (exact) mass is 317 g/mol. The van der Waals surface area contributed by atoms with E-state index in [9.17, 15) is 10.1 Å². The summed E-state index contributed by atoms with van der Waals surface area (Å²) in [5.74, 6) is 0.668. The summed E-state index contributed by atoms with van der Waals surface area (Å²) in [7, 11) is 1.64. The van der Waals surface area contributed by atoms with Crippen LogP contribution in [-0.4, -0.2) is 24.7 Å². The van der Waals surface area contributed by atoms with Crippen molar-refractivity contribution in [1.29, 1.82) is 0 Å². The van der Waals surface area contributed by atoms with Gasteiger partial charge in [0.1, 0.15) is 5.75 Å². The number of halogens is 1. The molecule has 1 unspecified atom stereocenters. The van der Waals surface area contributed by atoms with Crippen LogP contribution in [0.4, 0.5) is 5.69 Å². The first kappa shape index (κ1) is 14.9. The lowest BCUT2D eigenvalue weighted by atomic mass is 10.2. The van der Waals surface area contributed by atoms with E-state index in [1.807, 2.05) is 6.92 Å². The minimum atomic E-state index is -0.412. The van der Waals surface area contributed by atoms with E-state index in [1.165, 1.54) is 12.1 Å². The average Bonchev–Trinajstić information content (AvgIpc) is 2.36. The number of methoxy groups -OCH3 is 1. The predicted molar refractivity (Wildman–Crippen MR) is 72.3 cm³/mol. The van der Waals surface area contributed by atoms with Crippen LogP contribution < -0.4 is 4.74 Å². The first-order valence-electron chi connectivity index (χ1n) is 5.57. The van der Waals surface area contributed by atoms with E-state index >= 15 is 0 Å². The van der Waals surface area contributed by atoms with Gasteiger partial charge in [0.2, 0.25) is 0 Å². The SMILES string of the molecule is COCCC(C)Oc1ccc([N+](=O)[O-])cc1CBr. The van der Waals surface area contributed by atoms with Gasteiger partial charge in [0.25, 0.3) is 5.69 Å². The molecule has 0 radical (unpaired) electrons. The molecule has 100 valence electrons.